The van der Waals surface area contributed by atoms with Crippen molar-refractivity contribution in [2.45, 2.75) is 18.4 Å². The Morgan fingerprint density at radius 1 is 1.22 bits per heavy atom. The third-order valence-electron chi connectivity index (χ3n) is 4.58. The predicted octanol–water partition coefficient (Wildman–Crippen LogP) is 2.81. The Labute approximate surface area is 111 Å². The molecule has 0 aliphatic carbocycles. The molecule has 0 saturated carbocycles. The van der Waals surface area contributed by atoms with Gasteiger partial charge in [-0.05, 0) is 49.4 Å². The number of hydrogen-bond donors (Lipinski definition) is 1. The van der Waals surface area contributed by atoms with Crippen molar-refractivity contribution in [1.29, 1.82) is 0 Å². The van der Waals surface area contributed by atoms with Crippen molar-refractivity contribution in [3.8, 4) is 0 Å². The molecule has 2 nitrogen and oxygen atoms in total. The molecule has 3 aliphatic rings. The van der Waals surface area contributed by atoms with Crippen LogP contribution in [0, 0.1) is 5.92 Å². The van der Waals surface area contributed by atoms with Crippen LogP contribution in [0.25, 0.3) is 10.1 Å². The summed E-state index contributed by atoms with van der Waals surface area (Å²) in [6.07, 6.45) is 2.29. The van der Waals surface area contributed by atoms with Crippen molar-refractivity contribution in [1.82, 2.24) is 4.90 Å². The van der Waals surface area contributed by atoms with Gasteiger partial charge in [-0.3, -0.25) is 0 Å². The van der Waals surface area contributed by atoms with Crippen LogP contribution >= 0.6 is 11.3 Å². The van der Waals surface area contributed by atoms with Gasteiger partial charge in [-0.2, -0.15) is 0 Å². The molecule has 1 aromatic heterocycles. The number of benzene rings is 1. The Morgan fingerprint density at radius 3 is 2.67 bits per heavy atom. The van der Waals surface area contributed by atoms with Crippen LogP contribution in [-0.4, -0.2) is 29.6 Å². The van der Waals surface area contributed by atoms with Crippen LogP contribution in [0.2, 0.25) is 0 Å². The minimum Gasteiger partial charge on any atom is -0.383 e. The first-order valence-corrected chi connectivity index (χ1v) is 7.51. The van der Waals surface area contributed by atoms with E-state index >= 15 is 0 Å². The molecule has 0 unspecified atom stereocenters. The van der Waals surface area contributed by atoms with Crippen LogP contribution in [0.5, 0.6) is 0 Å². The van der Waals surface area contributed by atoms with Gasteiger partial charge in [-0.1, -0.05) is 18.2 Å². The lowest BCUT2D eigenvalue weighted by Gasteiger charge is -2.50. The molecular formula is C15H17NOS. The van der Waals surface area contributed by atoms with Crippen molar-refractivity contribution < 1.29 is 5.11 Å². The average molecular weight is 259 g/mol. The summed E-state index contributed by atoms with van der Waals surface area (Å²) in [5.74, 6) is 0.454. The molecule has 3 aliphatic heterocycles. The number of aliphatic hydroxyl groups is 1. The molecule has 1 atom stereocenters. The second-order valence-corrected chi connectivity index (χ2v) is 6.71. The Kier molecular flexibility index (Phi) is 2.31. The summed E-state index contributed by atoms with van der Waals surface area (Å²) in [7, 11) is 0. The SMILES string of the molecule is O[C@@]1(c2cc3ccccc3s2)CN2CCC1CC2. The zero-order valence-electron chi connectivity index (χ0n) is 10.3. The summed E-state index contributed by atoms with van der Waals surface area (Å²) in [4.78, 5) is 3.57. The number of thiophene rings is 1. The van der Waals surface area contributed by atoms with Gasteiger partial charge in [0.05, 0.1) is 0 Å². The highest BCUT2D eigenvalue weighted by molar-refractivity contribution is 7.19. The van der Waals surface area contributed by atoms with Gasteiger partial charge in [0.25, 0.3) is 0 Å². The van der Waals surface area contributed by atoms with E-state index in [-0.39, 0.29) is 0 Å². The van der Waals surface area contributed by atoms with Crippen LogP contribution in [0.3, 0.4) is 0 Å². The van der Waals surface area contributed by atoms with Gasteiger partial charge in [0.15, 0.2) is 0 Å². The van der Waals surface area contributed by atoms with E-state index in [4.69, 9.17) is 0 Å². The molecule has 18 heavy (non-hydrogen) atoms. The topological polar surface area (TPSA) is 23.5 Å². The summed E-state index contributed by atoms with van der Waals surface area (Å²) in [6.45, 7) is 3.15. The molecule has 3 fully saturated rings. The number of hydrogen-bond acceptors (Lipinski definition) is 3. The van der Waals surface area contributed by atoms with E-state index in [2.05, 4.69) is 35.2 Å². The maximum absolute atomic E-state index is 11.1. The van der Waals surface area contributed by atoms with Gasteiger partial charge in [0, 0.05) is 16.1 Å². The zero-order valence-corrected chi connectivity index (χ0v) is 11.1. The van der Waals surface area contributed by atoms with Crippen molar-refractivity contribution in [2.24, 2.45) is 5.92 Å². The Morgan fingerprint density at radius 2 is 2.00 bits per heavy atom. The second-order valence-electron chi connectivity index (χ2n) is 5.62. The molecule has 5 rings (SSSR count). The highest BCUT2D eigenvalue weighted by atomic mass is 32.1. The molecule has 3 heteroatoms. The first-order chi connectivity index (χ1) is 8.75. The van der Waals surface area contributed by atoms with Gasteiger partial charge in [0.1, 0.15) is 5.60 Å². The second kappa shape index (κ2) is 3.80. The first kappa shape index (κ1) is 11.0. The monoisotopic (exact) mass is 259 g/mol. The highest BCUT2D eigenvalue weighted by Gasteiger charge is 2.47. The molecule has 0 radical (unpaired) electrons. The van der Waals surface area contributed by atoms with Crippen LogP contribution in [0.4, 0.5) is 0 Å². The lowest BCUT2D eigenvalue weighted by atomic mass is 9.74. The molecule has 1 N–H and O–H groups in total. The lowest BCUT2D eigenvalue weighted by Crippen LogP contribution is -2.56. The fourth-order valence-electron chi connectivity index (χ4n) is 3.51. The van der Waals surface area contributed by atoms with Gasteiger partial charge in [-0.15, -0.1) is 11.3 Å². The lowest BCUT2D eigenvalue weighted by molar-refractivity contribution is -0.115. The van der Waals surface area contributed by atoms with Gasteiger partial charge in [-0.25, -0.2) is 0 Å². The van der Waals surface area contributed by atoms with E-state index in [9.17, 15) is 5.11 Å². The van der Waals surface area contributed by atoms with Crippen molar-refractivity contribution >= 4 is 21.4 Å². The Balaban J connectivity index is 1.81. The maximum atomic E-state index is 11.1. The van der Waals surface area contributed by atoms with Crippen molar-refractivity contribution in [3.05, 3.63) is 35.2 Å². The van der Waals surface area contributed by atoms with E-state index < -0.39 is 5.60 Å². The fourth-order valence-corrected chi connectivity index (χ4v) is 4.74. The summed E-state index contributed by atoms with van der Waals surface area (Å²) < 4.78 is 1.29. The third kappa shape index (κ3) is 1.48. The number of fused-ring (bicyclic) bond motifs is 4. The molecule has 2 bridgehead atoms. The van der Waals surface area contributed by atoms with Gasteiger partial charge < -0.3 is 10.0 Å². The largest absolute Gasteiger partial charge is 0.383 e. The fraction of sp³-hybridized carbons (Fsp3) is 0.467. The average Bonchev–Trinajstić information content (AvgIpc) is 2.84. The molecular weight excluding hydrogens is 242 g/mol. The standard InChI is InChI=1S/C15H17NOS/c17-15(10-16-7-5-12(15)6-8-16)14-9-11-3-1-2-4-13(11)18-14/h1-4,9,12,17H,5-8,10H2/t15-/m0/s1. The molecule has 4 heterocycles. The zero-order chi connectivity index (χ0) is 12.2. The van der Waals surface area contributed by atoms with Crippen LogP contribution in [0.15, 0.2) is 30.3 Å². The Bertz CT molecular complexity index is 552. The first-order valence-electron chi connectivity index (χ1n) is 6.69. The summed E-state index contributed by atoms with van der Waals surface area (Å²) in [6, 6.07) is 10.6. The van der Waals surface area contributed by atoms with E-state index in [1.165, 1.54) is 10.1 Å². The smallest absolute Gasteiger partial charge is 0.114 e. The van der Waals surface area contributed by atoms with Crippen LogP contribution in [-0.2, 0) is 5.60 Å². The Hall–Kier alpha value is -0.900. The van der Waals surface area contributed by atoms with E-state index in [1.54, 1.807) is 11.3 Å². The predicted molar refractivity (Wildman–Crippen MR) is 74.9 cm³/mol. The van der Waals surface area contributed by atoms with Crippen molar-refractivity contribution in [3.63, 3.8) is 0 Å². The molecule has 94 valence electrons. The van der Waals surface area contributed by atoms with Gasteiger partial charge in [0.2, 0.25) is 0 Å². The third-order valence-corrected chi connectivity index (χ3v) is 5.86. The van der Waals surface area contributed by atoms with E-state index in [0.717, 1.165) is 37.4 Å². The molecule has 1 aromatic carbocycles. The number of piperidine rings is 3. The highest BCUT2D eigenvalue weighted by Crippen LogP contribution is 2.45. The minimum absolute atomic E-state index is 0.454. The number of nitrogens with zero attached hydrogens (tertiary/aromatic N) is 1. The molecule has 0 amide bonds. The van der Waals surface area contributed by atoms with E-state index in [0.29, 0.717) is 5.92 Å². The summed E-state index contributed by atoms with van der Waals surface area (Å²) in [5, 5.41) is 12.4. The number of rotatable bonds is 1. The normalized spacial score (nSPS) is 35.2. The van der Waals surface area contributed by atoms with E-state index in [1.807, 2.05) is 0 Å². The maximum Gasteiger partial charge on any atom is 0.114 e. The summed E-state index contributed by atoms with van der Waals surface area (Å²) in [5.41, 5.74) is -0.597. The van der Waals surface area contributed by atoms with Crippen LogP contribution < -0.4 is 0 Å². The molecule has 2 aromatic rings. The van der Waals surface area contributed by atoms with Crippen molar-refractivity contribution in [2.75, 3.05) is 19.6 Å². The summed E-state index contributed by atoms with van der Waals surface area (Å²) >= 11 is 1.77. The quantitative estimate of drug-likeness (QED) is 0.851. The van der Waals surface area contributed by atoms with Gasteiger partial charge >= 0.3 is 0 Å². The molecule has 3 saturated heterocycles. The minimum atomic E-state index is -0.597. The molecule has 0 spiro atoms. The van der Waals surface area contributed by atoms with Crippen LogP contribution in [0.1, 0.15) is 17.7 Å².